The monoisotopic (exact) mass is 260 g/mol. The molecule has 17 heavy (non-hydrogen) atoms. The molecule has 0 aromatic carbocycles. The van der Waals surface area contributed by atoms with Crippen molar-refractivity contribution in [1.29, 1.82) is 0 Å². The fourth-order valence-corrected chi connectivity index (χ4v) is 1.65. The molecule has 7 nitrogen and oxygen atoms in total. The SMILES string of the molecule is CC(C(=O)Nc1nn(C)cc1CN)S(C)(=O)=O. The van der Waals surface area contributed by atoms with Gasteiger partial charge in [0.15, 0.2) is 15.7 Å². The van der Waals surface area contributed by atoms with Gasteiger partial charge in [-0.25, -0.2) is 8.42 Å². The zero-order chi connectivity index (χ0) is 13.2. The Labute approximate surface area is 99.9 Å². The molecule has 1 aromatic heterocycles. The molecule has 1 rings (SSSR count). The average Bonchev–Trinajstić information content (AvgIpc) is 2.56. The van der Waals surface area contributed by atoms with Gasteiger partial charge in [-0.2, -0.15) is 5.10 Å². The van der Waals surface area contributed by atoms with E-state index in [0.29, 0.717) is 11.4 Å². The Bertz CT molecular complexity index is 520. The van der Waals surface area contributed by atoms with Crippen LogP contribution in [0.25, 0.3) is 0 Å². The molecule has 1 aromatic rings. The number of rotatable bonds is 4. The minimum atomic E-state index is -3.41. The molecule has 1 heterocycles. The predicted molar refractivity (Wildman–Crippen MR) is 64.0 cm³/mol. The lowest BCUT2D eigenvalue weighted by molar-refractivity contribution is -0.115. The van der Waals surface area contributed by atoms with E-state index in [0.717, 1.165) is 6.26 Å². The van der Waals surface area contributed by atoms with Gasteiger partial charge in [0.1, 0.15) is 5.25 Å². The van der Waals surface area contributed by atoms with E-state index in [1.165, 1.54) is 11.6 Å². The van der Waals surface area contributed by atoms with Crippen molar-refractivity contribution in [3.05, 3.63) is 11.8 Å². The van der Waals surface area contributed by atoms with Crippen molar-refractivity contribution in [1.82, 2.24) is 9.78 Å². The highest BCUT2D eigenvalue weighted by Crippen LogP contribution is 2.12. The quantitative estimate of drug-likeness (QED) is 0.740. The number of nitrogens with two attached hydrogens (primary N) is 1. The summed E-state index contributed by atoms with van der Waals surface area (Å²) < 4.78 is 23.9. The fourth-order valence-electron chi connectivity index (χ4n) is 1.20. The number of carbonyl (C=O) groups excluding carboxylic acids is 1. The van der Waals surface area contributed by atoms with Gasteiger partial charge in [0.05, 0.1) is 0 Å². The van der Waals surface area contributed by atoms with Crippen LogP contribution in [0.3, 0.4) is 0 Å². The maximum atomic E-state index is 11.7. The molecule has 0 bridgehead atoms. The third kappa shape index (κ3) is 3.27. The number of amides is 1. The van der Waals surface area contributed by atoms with Crippen molar-refractivity contribution in [2.24, 2.45) is 12.8 Å². The first-order valence-corrected chi connectivity index (χ1v) is 6.93. The lowest BCUT2D eigenvalue weighted by Gasteiger charge is -2.09. The first-order chi connectivity index (χ1) is 7.75. The summed E-state index contributed by atoms with van der Waals surface area (Å²) in [6, 6.07) is 0. The summed E-state index contributed by atoms with van der Waals surface area (Å²) in [6.45, 7) is 1.55. The van der Waals surface area contributed by atoms with Gasteiger partial charge in [-0.1, -0.05) is 0 Å². The first-order valence-electron chi connectivity index (χ1n) is 4.98. The molecular formula is C9H16N4O3S. The van der Waals surface area contributed by atoms with Crippen LogP contribution in [-0.2, 0) is 28.2 Å². The van der Waals surface area contributed by atoms with Crippen LogP contribution in [0.15, 0.2) is 6.20 Å². The summed E-state index contributed by atoms with van der Waals surface area (Å²) >= 11 is 0. The molecular weight excluding hydrogens is 244 g/mol. The molecule has 8 heteroatoms. The molecule has 1 atom stereocenters. The minimum absolute atomic E-state index is 0.219. The zero-order valence-electron chi connectivity index (χ0n) is 9.97. The molecule has 1 unspecified atom stereocenters. The number of anilines is 1. The van der Waals surface area contributed by atoms with Gasteiger partial charge >= 0.3 is 0 Å². The van der Waals surface area contributed by atoms with Crippen molar-refractivity contribution >= 4 is 21.6 Å². The van der Waals surface area contributed by atoms with Crippen LogP contribution in [0.1, 0.15) is 12.5 Å². The molecule has 1 amide bonds. The van der Waals surface area contributed by atoms with E-state index in [2.05, 4.69) is 10.4 Å². The number of aryl methyl sites for hydroxylation is 1. The Balaban J connectivity index is 2.88. The van der Waals surface area contributed by atoms with E-state index in [1.54, 1.807) is 13.2 Å². The standard InChI is InChI=1S/C9H16N4O3S/c1-6(17(3,15)16)9(14)11-8-7(4-10)5-13(2)12-8/h5-6H,4,10H2,1-3H3,(H,11,12,14). The Morgan fingerprint density at radius 3 is 2.71 bits per heavy atom. The van der Waals surface area contributed by atoms with Crippen LogP contribution in [-0.4, -0.2) is 35.6 Å². The van der Waals surface area contributed by atoms with Gasteiger partial charge in [-0.15, -0.1) is 0 Å². The maximum Gasteiger partial charge on any atom is 0.243 e. The molecule has 0 radical (unpaired) electrons. The van der Waals surface area contributed by atoms with Crippen LogP contribution in [0.5, 0.6) is 0 Å². The van der Waals surface area contributed by atoms with Crippen LogP contribution in [0.2, 0.25) is 0 Å². The average molecular weight is 260 g/mol. The summed E-state index contributed by atoms with van der Waals surface area (Å²) in [5.41, 5.74) is 6.13. The number of carbonyl (C=O) groups is 1. The molecule has 0 aliphatic rings. The maximum absolute atomic E-state index is 11.7. The van der Waals surface area contributed by atoms with Gasteiger partial charge < -0.3 is 11.1 Å². The van der Waals surface area contributed by atoms with E-state index in [-0.39, 0.29) is 6.54 Å². The number of nitrogens with one attached hydrogen (secondary N) is 1. The third-order valence-electron chi connectivity index (χ3n) is 2.38. The zero-order valence-corrected chi connectivity index (χ0v) is 10.8. The van der Waals surface area contributed by atoms with Crippen molar-refractivity contribution < 1.29 is 13.2 Å². The number of hydrogen-bond donors (Lipinski definition) is 2. The highest BCUT2D eigenvalue weighted by molar-refractivity contribution is 7.92. The molecule has 0 saturated heterocycles. The Kier molecular flexibility index (Phi) is 3.89. The smallest absolute Gasteiger partial charge is 0.243 e. The molecule has 0 saturated carbocycles. The Morgan fingerprint density at radius 2 is 2.24 bits per heavy atom. The highest BCUT2D eigenvalue weighted by Gasteiger charge is 2.24. The number of hydrogen-bond acceptors (Lipinski definition) is 5. The molecule has 0 spiro atoms. The summed E-state index contributed by atoms with van der Waals surface area (Å²) in [5.74, 6) is -0.309. The van der Waals surface area contributed by atoms with Crippen LogP contribution in [0.4, 0.5) is 5.82 Å². The van der Waals surface area contributed by atoms with Crippen LogP contribution in [0, 0.1) is 0 Å². The number of nitrogens with zero attached hydrogens (tertiary/aromatic N) is 2. The summed E-state index contributed by atoms with van der Waals surface area (Å²) in [7, 11) is -1.72. The summed E-state index contributed by atoms with van der Waals surface area (Å²) in [4.78, 5) is 11.7. The fraction of sp³-hybridized carbons (Fsp3) is 0.556. The van der Waals surface area contributed by atoms with E-state index in [9.17, 15) is 13.2 Å². The van der Waals surface area contributed by atoms with Gasteiger partial charge in [-0.05, 0) is 6.92 Å². The first kappa shape index (κ1) is 13.7. The molecule has 0 fully saturated rings. The van der Waals surface area contributed by atoms with Gasteiger partial charge in [-0.3, -0.25) is 9.48 Å². The summed E-state index contributed by atoms with van der Waals surface area (Å²) in [5, 5.41) is 5.34. The van der Waals surface area contributed by atoms with E-state index >= 15 is 0 Å². The third-order valence-corrected chi connectivity index (χ3v) is 3.88. The molecule has 3 N–H and O–H groups in total. The van der Waals surface area contributed by atoms with E-state index in [1.807, 2.05) is 0 Å². The predicted octanol–water partition coefficient (Wildman–Crippen LogP) is -0.750. The van der Waals surface area contributed by atoms with E-state index < -0.39 is 21.0 Å². The van der Waals surface area contributed by atoms with Crippen molar-refractivity contribution in [3.8, 4) is 0 Å². The van der Waals surface area contributed by atoms with Crippen molar-refractivity contribution in [3.63, 3.8) is 0 Å². The minimum Gasteiger partial charge on any atom is -0.326 e. The lowest BCUT2D eigenvalue weighted by atomic mass is 10.3. The lowest BCUT2D eigenvalue weighted by Crippen LogP contribution is -2.32. The van der Waals surface area contributed by atoms with Gasteiger partial charge in [0.25, 0.3) is 0 Å². The van der Waals surface area contributed by atoms with Crippen LogP contribution >= 0.6 is 0 Å². The Morgan fingerprint density at radius 1 is 1.65 bits per heavy atom. The second-order valence-electron chi connectivity index (χ2n) is 3.84. The van der Waals surface area contributed by atoms with Crippen LogP contribution < -0.4 is 11.1 Å². The van der Waals surface area contributed by atoms with E-state index in [4.69, 9.17) is 5.73 Å². The second kappa shape index (κ2) is 4.84. The molecule has 0 aliphatic heterocycles. The normalized spacial score (nSPS) is 13.4. The Hall–Kier alpha value is -1.41. The van der Waals surface area contributed by atoms with Crippen molar-refractivity contribution in [2.45, 2.75) is 18.7 Å². The summed E-state index contributed by atoms with van der Waals surface area (Å²) in [6.07, 6.45) is 2.68. The highest BCUT2D eigenvalue weighted by atomic mass is 32.2. The van der Waals surface area contributed by atoms with Crippen molar-refractivity contribution in [2.75, 3.05) is 11.6 Å². The topological polar surface area (TPSA) is 107 Å². The van der Waals surface area contributed by atoms with Gasteiger partial charge in [0.2, 0.25) is 5.91 Å². The molecule has 0 aliphatic carbocycles. The van der Waals surface area contributed by atoms with Gasteiger partial charge in [0, 0.05) is 31.6 Å². The molecule has 96 valence electrons. The second-order valence-corrected chi connectivity index (χ2v) is 6.21. The number of aromatic nitrogens is 2. The largest absolute Gasteiger partial charge is 0.326 e. The number of sulfone groups is 1.